The summed E-state index contributed by atoms with van der Waals surface area (Å²) >= 11 is 0. The minimum atomic E-state index is -0.724. The summed E-state index contributed by atoms with van der Waals surface area (Å²) in [6.45, 7) is 4.04. The van der Waals surface area contributed by atoms with Gasteiger partial charge in [0.15, 0.2) is 5.58 Å². The van der Waals surface area contributed by atoms with E-state index < -0.39 is 6.04 Å². The zero-order chi connectivity index (χ0) is 19.0. The lowest BCUT2D eigenvalue weighted by Gasteiger charge is -2.16. The summed E-state index contributed by atoms with van der Waals surface area (Å²) < 4.78 is 8.47. The molecule has 1 N–H and O–H groups in total. The summed E-state index contributed by atoms with van der Waals surface area (Å²) in [5.41, 5.74) is 2.57. The first-order valence-electron chi connectivity index (χ1n) is 8.92. The number of aryl methyl sites for hydroxylation is 1. The van der Waals surface area contributed by atoms with E-state index in [0.29, 0.717) is 29.9 Å². The van der Waals surface area contributed by atoms with Gasteiger partial charge in [-0.2, -0.15) is 5.10 Å². The third kappa shape index (κ3) is 2.91. The van der Waals surface area contributed by atoms with E-state index in [1.54, 1.807) is 23.7 Å². The van der Waals surface area contributed by atoms with Gasteiger partial charge in [0.1, 0.15) is 17.4 Å². The molecule has 7 nitrogen and oxygen atoms in total. The molecule has 0 saturated heterocycles. The summed E-state index contributed by atoms with van der Waals surface area (Å²) in [6.07, 6.45) is 2.20. The van der Waals surface area contributed by atoms with Crippen LogP contribution in [0.25, 0.3) is 16.6 Å². The van der Waals surface area contributed by atoms with E-state index in [-0.39, 0.29) is 11.5 Å². The van der Waals surface area contributed by atoms with Crippen LogP contribution in [0.1, 0.15) is 31.3 Å². The molecule has 0 unspecified atom stereocenters. The molecule has 0 saturated carbocycles. The molecule has 138 valence electrons. The minimum Gasteiger partial charge on any atom is -0.463 e. The van der Waals surface area contributed by atoms with Crippen molar-refractivity contribution >= 4 is 22.5 Å². The number of aromatic nitrogens is 3. The maximum atomic E-state index is 12.9. The topological polar surface area (TPSA) is 81.5 Å². The SMILES string of the molecule is CCc1nn([C@@H](C)C(=O)NCc2ccccc2)c(=O)c2cc3occc3n12. The van der Waals surface area contributed by atoms with Gasteiger partial charge < -0.3 is 9.73 Å². The number of carbonyl (C=O) groups excluding carboxylic acids is 1. The Hall–Kier alpha value is -3.35. The Morgan fingerprint density at radius 1 is 1.22 bits per heavy atom. The van der Waals surface area contributed by atoms with E-state index in [1.165, 1.54) is 4.68 Å². The molecule has 0 fully saturated rings. The van der Waals surface area contributed by atoms with Gasteiger partial charge in [-0.05, 0) is 12.5 Å². The third-order valence-electron chi connectivity index (χ3n) is 4.70. The lowest BCUT2D eigenvalue weighted by molar-refractivity contribution is -0.124. The summed E-state index contributed by atoms with van der Waals surface area (Å²) in [7, 11) is 0. The monoisotopic (exact) mass is 364 g/mol. The molecule has 7 heteroatoms. The molecule has 0 aliphatic carbocycles. The van der Waals surface area contributed by atoms with Crippen LogP contribution in [0.5, 0.6) is 0 Å². The Labute approximate surface area is 155 Å². The van der Waals surface area contributed by atoms with Crippen molar-refractivity contribution in [3.63, 3.8) is 0 Å². The molecule has 3 aromatic heterocycles. The Morgan fingerprint density at radius 2 is 2.00 bits per heavy atom. The van der Waals surface area contributed by atoms with E-state index in [1.807, 2.05) is 43.3 Å². The van der Waals surface area contributed by atoms with Crippen molar-refractivity contribution in [2.45, 2.75) is 32.9 Å². The highest BCUT2D eigenvalue weighted by Gasteiger charge is 2.22. The second-order valence-electron chi connectivity index (χ2n) is 6.43. The Bertz CT molecular complexity index is 1170. The first kappa shape index (κ1) is 17.1. The number of carbonyl (C=O) groups is 1. The van der Waals surface area contributed by atoms with Gasteiger partial charge in [-0.3, -0.25) is 14.0 Å². The number of benzene rings is 1. The Kier molecular flexibility index (Phi) is 4.27. The average molecular weight is 364 g/mol. The van der Waals surface area contributed by atoms with E-state index in [9.17, 15) is 9.59 Å². The number of rotatable bonds is 5. The highest BCUT2D eigenvalue weighted by molar-refractivity contribution is 5.83. The van der Waals surface area contributed by atoms with Gasteiger partial charge in [0.25, 0.3) is 5.56 Å². The van der Waals surface area contributed by atoms with E-state index >= 15 is 0 Å². The van der Waals surface area contributed by atoms with Gasteiger partial charge in [-0.25, -0.2) is 4.68 Å². The molecule has 0 radical (unpaired) electrons. The van der Waals surface area contributed by atoms with Crippen LogP contribution in [0.2, 0.25) is 0 Å². The lowest BCUT2D eigenvalue weighted by atomic mass is 10.2. The van der Waals surface area contributed by atoms with Crippen molar-refractivity contribution in [3.8, 4) is 0 Å². The van der Waals surface area contributed by atoms with Crippen molar-refractivity contribution in [2.24, 2.45) is 0 Å². The van der Waals surface area contributed by atoms with Gasteiger partial charge in [0.2, 0.25) is 5.91 Å². The predicted molar refractivity (Wildman–Crippen MR) is 102 cm³/mol. The van der Waals surface area contributed by atoms with Crippen LogP contribution in [0.4, 0.5) is 0 Å². The Morgan fingerprint density at radius 3 is 2.74 bits per heavy atom. The second-order valence-corrected chi connectivity index (χ2v) is 6.43. The van der Waals surface area contributed by atoms with Crippen LogP contribution in [0, 0.1) is 0 Å². The normalized spacial score (nSPS) is 12.5. The molecule has 0 bridgehead atoms. The lowest BCUT2D eigenvalue weighted by Crippen LogP contribution is -2.38. The van der Waals surface area contributed by atoms with Crippen LogP contribution >= 0.6 is 0 Å². The number of fused-ring (bicyclic) bond motifs is 3. The van der Waals surface area contributed by atoms with Crippen molar-refractivity contribution < 1.29 is 9.21 Å². The number of furan rings is 1. The van der Waals surface area contributed by atoms with E-state index in [0.717, 1.165) is 11.1 Å². The molecular formula is C20H20N4O3. The van der Waals surface area contributed by atoms with Crippen LogP contribution in [0.3, 0.4) is 0 Å². The van der Waals surface area contributed by atoms with Gasteiger partial charge in [-0.15, -0.1) is 0 Å². The van der Waals surface area contributed by atoms with Crippen LogP contribution in [-0.4, -0.2) is 20.1 Å². The number of amides is 1. The molecule has 0 aliphatic heterocycles. The standard InChI is InChI=1S/C20H20N4O3/c1-3-18-22-24(13(2)19(25)21-12-14-7-5-4-6-8-14)20(26)16-11-17-15(23(16)18)9-10-27-17/h4-11,13H,3,12H2,1-2H3,(H,21,25)/t13-/m0/s1. The largest absolute Gasteiger partial charge is 0.463 e. The number of hydrogen-bond donors (Lipinski definition) is 1. The van der Waals surface area contributed by atoms with Crippen LogP contribution in [-0.2, 0) is 17.8 Å². The third-order valence-corrected chi connectivity index (χ3v) is 4.70. The quantitative estimate of drug-likeness (QED) is 0.590. The highest BCUT2D eigenvalue weighted by atomic mass is 16.3. The fourth-order valence-corrected chi connectivity index (χ4v) is 3.23. The maximum absolute atomic E-state index is 12.9. The summed E-state index contributed by atoms with van der Waals surface area (Å²) in [4.78, 5) is 25.5. The zero-order valence-corrected chi connectivity index (χ0v) is 15.2. The number of nitrogens with zero attached hydrogens (tertiary/aromatic N) is 3. The van der Waals surface area contributed by atoms with Gasteiger partial charge >= 0.3 is 0 Å². The van der Waals surface area contributed by atoms with Crippen molar-refractivity contribution in [2.75, 3.05) is 0 Å². The molecule has 1 amide bonds. The molecule has 27 heavy (non-hydrogen) atoms. The maximum Gasteiger partial charge on any atom is 0.291 e. The summed E-state index contributed by atoms with van der Waals surface area (Å²) in [5.74, 6) is 0.443. The molecule has 1 atom stereocenters. The van der Waals surface area contributed by atoms with E-state index in [4.69, 9.17) is 4.42 Å². The number of nitrogens with one attached hydrogen (secondary N) is 1. The first-order chi connectivity index (χ1) is 13.1. The molecule has 1 aromatic carbocycles. The predicted octanol–water partition coefficient (Wildman–Crippen LogP) is 2.68. The Balaban J connectivity index is 1.69. The van der Waals surface area contributed by atoms with E-state index in [2.05, 4.69) is 10.4 Å². The van der Waals surface area contributed by atoms with Gasteiger partial charge in [0.05, 0.1) is 11.8 Å². The zero-order valence-electron chi connectivity index (χ0n) is 15.2. The summed E-state index contributed by atoms with van der Waals surface area (Å²) in [5, 5.41) is 7.33. The number of hydrogen-bond acceptors (Lipinski definition) is 4. The first-order valence-corrected chi connectivity index (χ1v) is 8.92. The van der Waals surface area contributed by atoms with Crippen molar-refractivity contribution in [1.29, 1.82) is 0 Å². The van der Waals surface area contributed by atoms with Gasteiger partial charge in [0, 0.05) is 25.1 Å². The average Bonchev–Trinajstić information content (AvgIpc) is 3.29. The smallest absolute Gasteiger partial charge is 0.291 e. The molecular weight excluding hydrogens is 344 g/mol. The molecule has 4 rings (SSSR count). The van der Waals surface area contributed by atoms with Crippen molar-refractivity contribution in [1.82, 2.24) is 19.5 Å². The second kappa shape index (κ2) is 6.75. The fraction of sp³-hybridized carbons (Fsp3) is 0.250. The van der Waals surface area contributed by atoms with Crippen molar-refractivity contribution in [3.05, 3.63) is 70.5 Å². The summed E-state index contributed by atoms with van der Waals surface area (Å²) in [6, 6.07) is 12.4. The minimum absolute atomic E-state index is 0.255. The molecule has 3 heterocycles. The van der Waals surface area contributed by atoms with Crippen LogP contribution < -0.4 is 10.9 Å². The molecule has 0 aliphatic rings. The molecule has 0 spiro atoms. The highest BCUT2D eigenvalue weighted by Crippen LogP contribution is 2.21. The van der Waals surface area contributed by atoms with Crippen LogP contribution in [0.15, 0.2) is 57.9 Å². The fourth-order valence-electron chi connectivity index (χ4n) is 3.23. The molecule has 4 aromatic rings. The van der Waals surface area contributed by atoms with Gasteiger partial charge in [-0.1, -0.05) is 37.3 Å².